The van der Waals surface area contributed by atoms with Crippen LogP contribution in [0.5, 0.6) is 5.75 Å². The number of halogens is 1. The lowest BCUT2D eigenvalue weighted by Gasteiger charge is -2.21. The Morgan fingerprint density at radius 1 is 1.30 bits per heavy atom. The molecule has 0 amide bonds. The summed E-state index contributed by atoms with van der Waals surface area (Å²) >= 11 is 2.17. The van der Waals surface area contributed by atoms with E-state index in [1.807, 2.05) is 0 Å². The monoisotopic (exact) mass is 385 g/mol. The molecule has 20 heavy (non-hydrogen) atoms. The first kappa shape index (κ1) is 15.8. The fourth-order valence-electron chi connectivity index (χ4n) is 2.72. The number of nitrogens with one attached hydrogen (secondary N) is 1. The maximum Gasteiger partial charge on any atom is 0.119 e. The lowest BCUT2D eigenvalue weighted by molar-refractivity contribution is 0.209. The zero-order valence-electron chi connectivity index (χ0n) is 12.0. The van der Waals surface area contributed by atoms with Crippen LogP contribution in [-0.4, -0.2) is 13.2 Å². The number of ether oxygens (including phenoxy) is 1. The van der Waals surface area contributed by atoms with Gasteiger partial charge in [-0.2, -0.15) is 0 Å². The molecule has 1 saturated carbocycles. The van der Waals surface area contributed by atoms with Gasteiger partial charge in [0, 0.05) is 29.4 Å². The molecular formula is C17H24INO. The van der Waals surface area contributed by atoms with Gasteiger partial charge in [-0.05, 0) is 48.4 Å². The minimum atomic E-state index is 0.749. The average molecular weight is 385 g/mol. The quantitative estimate of drug-likeness (QED) is 0.528. The molecule has 0 bridgehead atoms. The van der Waals surface area contributed by atoms with Crippen LogP contribution in [0.1, 0.15) is 44.1 Å². The highest BCUT2D eigenvalue weighted by atomic mass is 127. The van der Waals surface area contributed by atoms with Gasteiger partial charge in [0.05, 0.1) is 6.61 Å². The van der Waals surface area contributed by atoms with E-state index in [0.29, 0.717) is 0 Å². The molecule has 110 valence electrons. The molecule has 1 aliphatic rings. The first-order chi connectivity index (χ1) is 9.79. The molecule has 0 saturated heterocycles. The maximum absolute atomic E-state index is 5.98. The Balaban J connectivity index is 1.86. The van der Waals surface area contributed by atoms with E-state index in [1.54, 1.807) is 0 Å². The smallest absolute Gasteiger partial charge is 0.119 e. The lowest BCUT2D eigenvalue weighted by atomic mass is 9.90. The van der Waals surface area contributed by atoms with Crippen molar-refractivity contribution in [2.24, 2.45) is 5.92 Å². The highest BCUT2D eigenvalue weighted by Gasteiger charge is 2.14. The van der Waals surface area contributed by atoms with Crippen molar-refractivity contribution in [2.45, 2.75) is 38.5 Å². The van der Waals surface area contributed by atoms with Gasteiger partial charge in [-0.3, -0.25) is 3.53 Å². The van der Waals surface area contributed by atoms with Crippen molar-refractivity contribution in [1.29, 1.82) is 0 Å². The van der Waals surface area contributed by atoms with Gasteiger partial charge < -0.3 is 4.74 Å². The fraction of sp³-hybridized carbons (Fsp3) is 0.529. The summed E-state index contributed by atoms with van der Waals surface area (Å²) < 4.78 is 9.11. The van der Waals surface area contributed by atoms with Crippen molar-refractivity contribution >= 4 is 28.4 Å². The van der Waals surface area contributed by atoms with Gasteiger partial charge in [-0.25, -0.2) is 0 Å². The molecule has 2 nitrogen and oxygen atoms in total. The second-order valence-electron chi connectivity index (χ2n) is 5.58. The van der Waals surface area contributed by atoms with E-state index in [4.69, 9.17) is 4.74 Å². The third-order valence-electron chi connectivity index (χ3n) is 3.97. The molecule has 1 aliphatic carbocycles. The lowest BCUT2D eigenvalue weighted by Crippen LogP contribution is -2.15. The molecule has 3 heteroatoms. The van der Waals surface area contributed by atoms with Gasteiger partial charge in [0.25, 0.3) is 0 Å². The maximum atomic E-state index is 5.98. The Labute approximate surface area is 136 Å². The van der Waals surface area contributed by atoms with Crippen LogP contribution >= 0.6 is 22.9 Å². The van der Waals surface area contributed by atoms with E-state index in [0.717, 1.165) is 36.8 Å². The van der Waals surface area contributed by atoms with Crippen molar-refractivity contribution in [1.82, 2.24) is 3.53 Å². The molecule has 1 fully saturated rings. The van der Waals surface area contributed by atoms with Crippen LogP contribution in [0.25, 0.3) is 5.57 Å². The number of rotatable bonds is 7. The van der Waals surface area contributed by atoms with Gasteiger partial charge in [-0.15, -0.1) is 0 Å². The predicted octanol–water partition coefficient (Wildman–Crippen LogP) is 4.99. The van der Waals surface area contributed by atoms with Crippen molar-refractivity contribution in [3.8, 4) is 5.75 Å². The Morgan fingerprint density at radius 3 is 2.85 bits per heavy atom. The SMILES string of the molecule is C=C(CCNI)c1cccc(OCC2CCCCC2)c1. The van der Waals surface area contributed by atoms with Crippen LogP contribution in [0, 0.1) is 5.92 Å². The highest BCUT2D eigenvalue weighted by molar-refractivity contribution is 14.1. The van der Waals surface area contributed by atoms with Crippen LogP contribution < -0.4 is 8.27 Å². The van der Waals surface area contributed by atoms with E-state index < -0.39 is 0 Å². The molecule has 0 spiro atoms. The number of benzene rings is 1. The molecule has 0 radical (unpaired) electrons. The largest absolute Gasteiger partial charge is 0.493 e. The summed E-state index contributed by atoms with van der Waals surface area (Å²) in [6.45, 7) is 5.97. The zero-order chi connectivity index (χ0) is 14.2. The van der Waals surface area contributed by atoms with E-state index >= 15 is 0 Å². The second kappa shape index (κ2) is 8.67. The first-order valence-electron chi connectivity index (χ1n) is 7.54. The minimum Gasteiger partial charge on any atom is -0.493 e. The normalized spacial score (nSPS) is 16.1. The van der Waals surface area contributed by atoms with Gasteiger partial charge >= 0.3 is 0 Å². The van der Waals surface area contributed by atoms with Gasteiger partial charge in [0.15, 0.2) is 0 Å². The average Bonchev–Trinajstić information content (AvgIpc) is 2.52. The Hall–Kier alpha value is -0.550. The van der Waals surface area contributed by atoms with Crippen molar-refractivity contribution < 1.29 is 4.74 Å². The van der Waals surface area contributed by atoms with E-state index in [2.05, 4.69) is 57.2 Å². The topological polar surface area (TPSA) is 21.3 Å². The molecule has 0 heterocycles. The molecular weight excluding hydrogens is 361 g/mol. The molecule has 0 atom stereocenters. The van der Waals surface area contributed by atoms with E-state index in [1.165, 1.54) is 37.7 Å². The van der Waals surface area contributed by atoms with Crippen LogP contribution in [0.15, 0.2) is 30.8 Å². The zero-order valence-corrected chi connectivity index (χ0v) is 14.2. The predicted molar refractivity (Wildman–Crippen MR) is 94.2 cm³/mol. The van der Waals surface area contributed by atoms with Crippen LogP contribution in [0.4, 0.5) is 0 Å². The van der Waals surface area contributed by atoms with Gasteiger partial charge in [0.2, 0.25) is 0 Å². The molecule has 2 rings (SSSR count). The van der Waals surface area contributed by atoms with E-state index in [9.17, 15) is 0 Å². The van der Waals surface area contributed by atoms with Crippen molar-refractivity contribution in [3.05, 3.63) is 36.4 Å². The fourth-order valence-corrected chi connectivity index (χ4v) is 2.99. The van der Waals surface area contributed by atoms with Crippen molar-refractivity contribution in [3.63, 3.8) is 0 Å². The second-order valence-corrected chi connectivity index (χ2v) is 6.34. The summed E-state index contributed by atoms with van der Waals surface area (Å²) in [4.78, 5) is 0. The summed E-state index contributed by atoms with van der Waals surface area (Å²) in [6.07, 6.45) is 7.76. The van der Waals surface area contributed by atoms with Gasteiger partial charge in [-0.1, -0.05) is 38.0 Å². The third kappa shape index (κ3) is 5.09. The molecule has 0 unspecified atom stereocenters. The third-order valence-corrected chi connectivity index (χ3v) is 4.51. The Morgan fingerprint density at radius 2 is 2.10 bits per heavy atom. The summed E-state index contributed by atoms with van der Waals surface area (Å²) in [7, 11) is 0. The molecule has 1 aromatic carbocycles. The Bertz CT molecular complexity index is 427. The van der Waals surface area contributed by atoms with Crippen molar-refractivity contribution in [2.75, 3.05) is 13.2 Å². The molecule has 1 aromatic rings. The van der Waals surface area contributed by atoms with Crippen LogP contribution in [0.3, 0.4) is 0 Å². The minimum absolute atomic E-state index is 0.749. The molecule has 0 aliphatic heterocycles. The standard InChI is InChI=1S/C17H24INO/c1-14(10-11-19-18)16-8-5-9-17(12-16)20-13-15-6-3-2-4-7-15/h5,8-9,12,15,19H,1-4,6-7,10-11,13H2. The molecule has 1 N–H and O–H groups in total. The summed E-state index contributed by atoms with van der Waals surface area (Å²) in [6, 6.07) is 8.35. The van der Waals surface area contributed by atoms with Gasteiger partial charge in [0.1, 0.15) is 5.75 Å². The summed E-state index contributed by atoms with van der Waals surface area (Å²) in [5.74, 6) is 1.73. The molecule has 0 aromatic heterocycles. The Kier molecular flexibility index (Phi) is 6.87. The van der Waals surface area contributed by atoms with E-state index in [-0.39, 0.29) is 0 Å². The first-order valence-corrected chi connectivity index (χ1v) is 8.62. The summed E-state index contributed by atoms with van der Waals surface area (Å²) in [5, 5.41) is 0. The number of hydrogen-bond donors (Lipinski definition) is 1. The van der Waals surface area contributed by atoms with Crippen LogP contribution in [-0.2, 0) is 0 Å². The number of hydrogen-bond acceptors (Lipinski definition) is 2. The van der Waals surface area contributed by atoms with Crippen LogP contribution in [0.2, 0.25) is 0 Å². The summed E-state index contributed by atoms with van der Waals surface area (Å²) in [5.41, 5.74) is 2.36. The highest BCUT2D eigenvalue weighted by Crippen LogP contribution is 2.26.